The molecule has 0 radical (unpaired) electrons. The van der Waals surface area contributed by atoms with Crippen molar-refractivity contribution in [1.29, 1.82) is 0 Å². The molecule has 0 saturated carbocycles. The first-order valence-corrected chi connectivity index (χ1v) is 11.7. The van der Waals surface area contributed by atoms with Gasteiger partial charge in [-0.3, -0.25) is 18.6 Å². The average molecular weight is 446 g/mol. The lowest BCUT2D eigenvalue weighted by Gasteiger charge is -2.30. The Hall–Kier alpha value is -2.39. The van der Waals surface area contributed by atoms with Crippen LogP contribution < -0.4 is 5.56 Å². The van der Waals surface area contributed by atoms with E-state index in [9.17, 15) is 9.59 Å². The van der Waals surface area contributed by atoms with Crippen LogP contribution in [0.4, 0.5) is 0 Å². The van der Waals surface area contributed by atoms with Crippen molar-refractivity contribution in [2.45, 2.75) is 64.8 Å². The van der Waals surface area contributed by atoms with Crippen molar-refractivity contribution in [2.24, 2.45) is 0 Å². The second-order valence-electron chi connectivity index (χ2n) is 7.92. The van der Waals surface area contributed by atoms with Crippen LogP contribution >= 0.6 is 11.8 Å². The first kappa shape index (κ1) is 23.3. The number of nitrogens with zero attached hydrogens (tertiary/aromatic N) is 5. The molecule has 0 aliphatic heterocycles. The molecule has 0 saturated heterocycles. The fraction of sp³-hybridized carbons (Fsp3) is 0.545. The van der Waals surface area contributed by atoms with Gasteiger partial charge in [-0.25, -0.2) is 0 Å². The van der Waals surface area contributed by atoms with E-state index in [0.29, 0.717) is 42.5 Å². The van der Waals surface area contributed by atoms with Crippen LogP contribution in [0.15, 0.2) is 34.2 Å². The number of carbonyl (C=O) groups is 1. The summed E-state index contributed by atoms with van der Waals surface area (Å²) in [7, 11) is 0. The van der Waals surface area contributed by atoms with Gasteiger partial charge < -0.3 is 9.64 Å². The number of benzene rings is 1. The lowest BCUT2D eigenvalue weighted by Crippen LogP contribution is -2.43. The van der Waals surface area contributed by atoms with Crippen molar-refractivity contribution in [1.82, 2.24) is 24.1 Å². The number of hydrogen-bond acceptors (Lipinski definition) is 6. The molecule has 8 nitrogen and oxygen atoms in total. The number of ether oxygens (including phenoxy) is 1. The largest absolute Gasteiger partial charge is 0.382 e. The Morgan fingerprint density at radius 2 is 1.87 bits per heavy atom. The Balaban J connectivity index is 1.98. The minimum atomic E-state index is -0.0922. The highest BCUT2D eigenvalue weighted by Crippen LogP contribution is 2.22. The van der Waals surface area contributed by atoms with Crippen LogP contribution in [0.1, 0.15) is 41.0 Å². The summed E-state index contributed by atoms with van der Waals surface area (Å²) >= 11 is 1.35. The normalized spacial score (nSPS) is 11.8. The fourth-order valence-electron chi connectivity index (χ4n) is 3.87. The summed E-state index contributed by atoms with van der Waals surface area (Å²) in [4.78, 5) is 27.8. The molecular weight excluding hydrogens is 414 g/mol. The lowest BCUT2D eigenvalue weighted by molar-refractivity contribution is -0.131. The summed E-state index contributed by atoms with van der Waals surface area (Å²) in [6.07, 6.45) is 0.702. The maximum absolute atomic E-state index is 13.1. The number of thioether (sulfide) groups is 1. The lowest BCUT2D eigenvalue weighted by atomic mass is 10.2. The maximum Gasteiger partial charge on any atom is 0.262 e. The van der Waals surface area contributed by atoms with Crippen LogP contribution in [-0.2, 0) is 16.1 Å². The molecule has 2 heterocycles. The van der Waals surface area contributed by atoms with Gasteiger partial charge in [0.15, 0.2) is 5.16 Å². The van der Waals surface area contributed by atoms with Gasteiger partial charge in [-0.15, -0.1) is 10.2 Å². The Bertz CT molecular complexity index is 1100. The van der Waals surface area contributed by atoms with Crippen molar-refractivity contribution in [3.05, 3.63) is 34.6 Å². The third-order valence-electron chi connectivity index (χ3n) is 5.08. The molecule has 0 N–H and O–H groups in total. The molecule has 3 rings (SSSR count). The molecule has 0 atom stereocenters. The average Bonchev–Trinajstić information content (AvgIpc) is 3.15. The molecule has 9 heteroatoms. The van der Waals surface area contributed by atoms with Gasteiger partial charge in [0.05, 0.1) is 16.7 Å². The quantitative estimate of drug-likeness (QED) is 0.352. The number of fused-ring (bicyclic) bond motifs is 3. The number of rotatable bonds is 10. The molecule has 0 unspecified atom stereocenters. The van der Waals surface area contributed by atoms with E-state index in [1.807, 2.05) is 68.2 Å². The van der Waals surface area contributed by atoms with Crippen molar-refractivity contribution in [3.8, 4) is 0 Å². The molecule has 3 aromatic rings. The number of hydrogen-bond donors (Lipinski definition) is 0. The van der Waals surface area contributed by atoms with Gasteiger partial charge in [0.25, 0.3) is 5.56 Å². The third kappa shape index (κ3) is 4.93. The number of aromatic nitrogens is 4. The molecule has 0 spiro atoms. The molecule has 31 heavy (non-hydrogen) atoms. The zero-order valence-corrected chi connectivity index (χ0v) is 19.7. The third-order valence-corrected chi connectivity index (χ3v) is 5.99. The second kappa shape index (κ2) is 10.3. The highest BCUT2D eigenvalue weighted by atomic mass is 32.2. The van der Waals surface area contributed by atoms with E-state index >= 15 is 0 Å². The number of aryl methyl sites for hydroxylation is 1. The molecule has 1 amide bonds. The molecule has 1 aromatic carbocycles. The van der Waals surface area contributed by atoms with E-state index < -0.39 is 0 Å². The zero-order chi connectivity index (χ0) is 22.5. The maximum atomic E-state index is 13.1. The first-order chi connectivity index (χ1) is 14.9. The Labute approximate surface area is 186 Å². The van der Waals surface area contributed by atoms with Gasteiger partial charge in [0.2, 0.25) is 11.7 Å². The van der Waals surface area contributed by atoms with Crippen LogP contribution in [0.2, 0.25) is 0 Å². The minimum absolute atomic E-state index is 0.0566. The smallest absolute Gasteiger partial charge is 0.262 e. The van der Waals surface area contributed by atoms with Crippen LogP contribution in [0, 0.1) is 0 Å². The van der Waals surface area contributed by atoms with Gasteiger partial charge in [0, 0.05) is 31.8 Å². The van der Waals surface area contributed by atoms with Gasteiger partial charge in [0.1, 0.15) is 0 Å². The van der Waals surface area contributed by atoms with E-state index in [2.05, 4.69) is 10.2 Å². The van der Waals surface area contributed by atoms with Crippen LogP contribution in [0.3, 0.4) is 0 Å². The summed E-state index contributed by atoms with van der Waals surface area (Å²) in [6, 6.07) is 7.69. The topological polar surface area (TPSA) is 81.7 Å². The SMILES string of the molecule is CCOCCCn1c(=O)c2ccccc2n2c(SCC(=O)N(C(C)C)C(C)C)nnc12. The molecular formula is C22H31N5O3S. The summed E-state index contributed by atoms with van der Waals surface area (Å²) in [6.45, 7) is 11.7. The first-order valence-electron chi connectivity index (χ1n) is 10.7. The minimum Gasteiger partial charge on any atom is -0.382 e. The Kier molecular flexibility index (Phi) is 7.72. The number of para-hydroxylation sites is 1. The second-order valence-corrected chi connectivity index (χ2v) is 8.86. The summed E-state index contributed by atoms with van der Waals surface area (Å²) in [5, 5.41) is 9.84. The molecule has 168 valence electrons. The van der Waals surface area contributed by atoms with E-state index in [0.717, 1.165) is 5.52 Å². The van der Waals surface area contributed by atoms with Gasteiger partial charge in [-0.2, -0.15) is 0 Å². The fourth-order valence-corrected chi connectivity index (χ4v) is 4.68. The van der Waals surface area contributed by atoms with E-state index in [-0.39, 0.29) is 29.3 Å². The molecule has 0 aliphatic carbocycles. The van der Waals surface area contributed by atoms with Crippen LogP contribution in [0.5, 0.6) is 0 Å². The predicted molar refractivity (Wildman–Crippen MR) is 124 cm³/mol. The van der Waals surface area contributed by atoms with Gasteiger partial charge in [-0.1, -0.05) is 23.9 Å². The van der Waals surface area contributed by atoms with Crippen LogP contribution in [-0.4, -0.2) is 61.0 Å². The molecule has 2 aromatic heterocycles. The van der Waals surface area contributed by atoms with Gasteiger partial charge >= 0.3 is 0 Å². The zero-order valence-electron chi connectivity index (χ0n) is 18.9. The van der Waals surface area contributed by atoms with Crippen molar-refractivity contribution >= 4 is 34.3 Å². The van der Waals surface area contributed by atoms with Crippen molar-refractivity contribution in [3.63, 3.8) is 0 Å². The number of amides is 1. The molecule has 0 bridgehead atoms. The Morgan fingerprint density at radius 1 is 1.16 bits per heavy atom. The van der Waals surface area contributed by atoms with E-state index in [1.54, 1.807) is 4.57 Å². The number of carbonyl (C=O) groups excluding carboxylic acids is 1. The van der Waals surface area contributed by atoms with Crippen molar-refractivity contribution in [2.75, 3.05) is 19.0 Å². The highest BCUT2D eigenvalue weighted by Gasteiger charge is 2.22. The van der Waals surface area contributed by atoms with E-state index in [4.69, 9.17) is 4.74 Å². The molecule has 0 aliphatic rings. The predicted octanol–water partition coefficient (Wildman–Crippen LogP) is 3.21. The van der Waals surface area contributed by atoms with Crippen LogP contribution in [0.25, 0.3) is 16.7 Å². The van der Waals surface area contributed by atoms with E-state index in [1.165, 1.54) is 11.8 Å². The summed E-state index contributed by atoms with van der Waals surface area (Å²) in [5.41, 5.74) is 0.651. The van der Waals surface area contributed by atoms with Crippen molar-refractivity contribution < 1.29 is 9.53 Å². The highest BCUT2D eigenvalue weighted by molar-refractivity contribution is 7.99. The summed E-state index contributed by atoms with van der Waals surface area (Å²) < 4.78 is 8.95. The van der Waals surface area contributed by atoms with Gasteiger partial charge in [-0.05, 0) is 53.2 Å². The summed E-state index contributed by atoms with van der Waals surface area (Å²) in [5.74, 6) is 0.801. The molecule has 0 fully saturated rings. The Morgan fingerprint density at radius 3 is 2.55 bits per heavy atom. The standard InChI is InChI=1S/C22H31N5O3S/c1-6-30-13-9-12-25-20(29)17-10-7-8-11-18(17)27-21(25)23-24-22(27)31-14-19(28)26(15(2)3)16(4)5/h7-8,10-11,15-16H,6,9,12-14H2,1-5H3. The monoisotopic (exact) mass is 445 g/mol.